The van der Waals surface area contributed by atoms with Gasteiger partial charge < -0.3 is 9.47 Å². The molecule has 0 saturated heterocycles. The van der Waals surface area contributed by atoms with Crippen LogP contribution in [0.1, 0.15) is 38.8 Å². The first-order valence-electron chi connectivity index (χ1n) is 8.27. The smallest absolute Gasteiger partial charge is 0.493 e. The van der Waals surface area contributed by atoms with Crippen molar-refractivity contribution in [2.45, 2.75) is 39.5 Å². The van der Waals surface area contributed by atoms with Crippen LogP contribution in [-0.4, -0.2) is 13.0 Å². The van der Waals surface area contributed by atoms with Crippen molar-refractivity contribution in [3.8, 4) is 11.5 Å². The molecule has 142 valence electrons. The van der Waals surface area contributed by atoms with E-state index in [0.29, 0.717) is 22.9 Å². The summed E-state index contributed by atoms with van der Waals surface area (Å²) in [7, 11) is 0. The molecular formula is C20H22ClF3O2. The summed E-state index contributed by atoms with van der Waals surface area (Å²) in [5.41, 5.74) is 0.926. The van der Waals surface area contributed by atoms with Crippen LogP contribution in [0.3, 0.4) is 0 Å². The molecule has 0 aliphatic heterocycles. The van der Waals surface area contributed by atoms with E-state index in [1.165, 1.54) is 12.1 Å². The second-order valence-electron chi connectivity index (χ2n) is 7.08. The predicted octanol–water partition coefficient (Wildman–Crippen LogP) is 6.60. The zero-order chi connectivity index (χ0) is 19.5. The van der Waals surface area contributed by atoms with Gasteiger partial charge in [0.15, 0.2) is 0 Å². The molecule has 0 unspecified atom stereocenters. The average Bonchev–Trinajstić information content (AvgIpc) is 2.51. The Morgan fingerprint density at radius 3 is 2.19 bits per heavy atom. The third kappa shape index (κ3) is 5.56. The number of alkyl halides is 3. The second-order valence-corrected chi connectivity index (χ2v) is 7.52. The topological polar surface area (TPSA) is 18.5 Å². The molecule has 0 aliphatic rings. The summed E-state index contributed by atoms with van der Waals surface area (Å²) in [4.78, 5) is 0. The highest BCUT2D eigenvalue weighted by Gasteiger charge is 2.32. The lowest BCUT2D eigenvalue weighted by Gasteiger charge is -2.27. The maximum atomic E-state index is 12.7. The van der Waals surface area contributed by atoms with Crippen LogP contribution in [0.4, 0.5) is 13.2 Å². The zero-order valence-electron chi connectivity index (χ0n) is 15.2. The molecule has 2 aromatic rings. The number of benzene rings is 2. The monoisotopic (exact) mass is 386 g/mol. The molecule has 2 rings (SSSR count). The minimum absolute atomic E-state index is 0.242. The van der Waals surface area contributed by atoms with Crippen molar-refractivity contribution in [3.63, 3.8) is 0 Å². The minimum atomic E-state index is -4.77. The van der Waals surface area contributed by atoms with E-state index in [2.05, 4.69) is 4.74 Å². The van der Waals surface area contributed by atoms with E-state index in [1.807, 2.05) is 39.8 Å². The average molecular weight is 387 g/mol. The van der Waals surface area contributed by atoms with Gasteiger partial charge in [-0.25, -0.2) is 0 Å². The molecule has 2 nitrogen and oxygen atoms in total. The van der Waals surface area contributed by atoms with Gasteiger partial charge >= 0.3 is 6.36 Å². The van der Waals surface area contributed by atoms with Gasteiger partial charge in [0.2, 0.25) is 0 Å². The first-order chi connectivity index (χ1) is 12.0. The van der Waals surface area contributed by atoms with Crippen molar-refractivity contribution in [1.29, 1.82) is 0 Å². The summed E-state index contributed by atoms with van der Waals surface area (Å²) in [5, 5.41) is 0.564. The van der Waals surface area contributed by atoms with Crippen LogP contribution in [0.5, 0.6) is 11.5 Å². The van der Waals surface area contributed by atoms with Crippen molar-refractivity contribution in [2.24, 2.45) is 5.92 Å². The van der Waals surface area contributed by atoms with Crippen LogP contribution in [0.2, 0.25) is 5.02 Å². The van der Waals surface area contributed by atoms with E-state index in [1.54, 1.807) is 18.2 Å². The fourth-order valence-electron chi connectivity index (χ4n) is 2.52. The van der Waals surface area contributed by atoms with E-state index in [0.717, 1.165) is 5.56 Å². The summed E-state index contributed by atoms with van der Waals surface area (Å²) >= 11 is 6.07. The molecule has 0 N–H and O–H groups in total. The molecule has 0 radical (unpaired) electrons. The molecule has 0 atom stereocenters. The molecule has 0 aromatic heterocycles. The van der Waals surface area contributed by atoms with E-state index < -0.39 is 11.8 Å². The number of rotatable bonds is 6. The predicted molar refractivity (Wildman–Crippen MR) is 97.0 cm³/mol. The van der Waals surface area contributed by atoms with Crippen molar-refractivity contribution in [3.05, 3.63) is 58.6 Å². The Hall–Kier alpha value is -1.88. The quantitative estimate of drug-likeness (QED) is 0.556. The Labute approximate surface area is 156 Å². The second kappa shape index (κ2) is 7.78. The van der Waals surface area contributed by atoms with Crippen molar-refractivity contribution in [1.82, 2.24) is 0 Å². The van der Waals surface area contributed by atoms with E-state index in [4.69, 9.17) is 16.3 Å². The van der Waals surface area contributed by atoms with Crippen LogP contribution in [0.15, 0.2) is 42.5 Å². The number of ether oxygens (including phenoxy) is 2. The molecule has 26 heavy (non-hydrogen) atoms. The maximum Gasteiger partial charge on any atom is 0.573 e. The van der Waals surface area contributed by atoms with Gasteiger partial charge in [-0.05, 0) is 41.3 Å². The van der Waals surface area contributed by atoms with Gasteiger partial charge in [0, 0.05) is 16.5 Å². The van der Waals surface area contributed by atoms with E-state index >= 15 is 0 Å². The van der Waals surface area contributed by atoms with Crippen LogP contribution in [0.25, 0.3) is 0 Å². The lowest BCUT2D eigenvalue weighted by Crippen LogP contribution is -2.21. The van der Waals surface area contributed by atoms with E-state index in [-0.39, 0.29) is 11.7 Å². The standard InChI is InChI=1S/C20H22ClF3O2/c1-13(2)12-25-17-9-15(10-18(11-17)26-20(22,23)24)19(3,4)14-6-5-7-16(21)8-14/h5-11,13H,12H2,1-4H3. The number of hydrogen-bond donors (Lipinski definition) is 0. The third-order valence-corrected chi connectivity index (χ3v) is 4.20. The summed E-state index contributed by atoms with van der Waals surface area (Å²) in [5.74, 6) is 0.279. The Kier molecular flexibility index (Phi) is 6.12. The molecular weight excluding hydrogens is 365 g/mol. The number of halogens is 4. The molecule has 2 aromatic carbocycles. The fourth-order valence-corrected chi connectivity index (χ4v) is 2.71. The van der Waals surface area contributed by atoms with Gasteiger partial charge in [-0.15, -0.1) is 13.2 Å². The molecule has 0 aliphatic carbocycles. The highest BCUT2D eigenvalue weighted by atomic mass is 35.5. The highest BCUT2D eigenvalue weighted by molar-refractivity contribution is 6.30. The van der Waals surface area contributed by atoms with Gasteiger partial charge in [-0.2, -0.15) is 0 Å². The van der Waals surface area contributed by atoms with Gasteiger partial charge in [-0.1, -0.05) is 51.4 Å². The maximum absolute atomic E-state index is 12.7. The van der Waals surface area contributed by atoms with Crippen molar-refractivity contribution in [2.75, 3.05) is 6.61 Å². The molecule has 6 heteroatoms. The Morgan fingerprint density at radius 2 is 1.62 bits per heavy atom. The summed E-state index contributed by atoms with van der Waals surface area (Å²) in [6.07, 6.45) is -4.77. The van der Waals surface area contributed by atoms with E-state index in [9.17, 15) is 13.2 Å². The molecule has 0 bridgehead atoms. The Balaban J connectivity index is 2.47. The van der Waals surface area contributed by atoms with Crippen LogP contribution < -0.4 is 9.47 Å². The fraction of sp³-hybridized carbons (Fsp3) is 0.400. The Morgan fingerprint density at radius 1 is 0.962 bits per heavy atom. The SMILES string of the molecule is CC(C)COc1cc(OC(F)(F)F)cc(C(C)(C)c2cccc(Cl)c2)c1. The first-order valence-corrected chi connectivity index (χ1v) is 8.65. The van der Waals surface area contributed by atoms with Crippen molar-refractivity contribution < 1.29 is 22.6 Å². The van der Waals surface area contributed by atoms with Gasteiger partial charge in [0.05, 0.1) is 6.61 Å². The van der Waals surface area contributed by atoms with Crippen LogP contribution in [-0.2, 0) is 5.41 Å². The summed E-state index contributed by atoms with van der Waals surface area (Å²) in [6, 6.07) is 11.6. The normalized spacial score (nSPS) is 12.3. The number of hydrogen-bond acceptors (Lipinski definition) is 2. The minimum Gasteiger partial charge on any atom is -0.493 e. The molecule has 0 spiro atoms. The molecule has 0 saturated carbocycles. The largest absolute Gasteiger partial charge is 0.573 e. The van der Waals surface area contributed by atoms with Gasteiger partial charge in [-0.3, -0.25) is 0 Å². The Bertz CT molecular complexity index is 755. The first kappa shape index (κ1) is 20.4. The summed E-state index contributed by atoms with van der Waals surface area (Å²) < 4.78 is 47.9. The van der Waals surface area contributed by atoms with Crippen LogP contribution >= 0.6 is 11.6 Å². The zero-order valence-corrected chi connectivity index (χ0v) is 15.9. The van der Waals surface area contributed by atoms with Gasteiger partial charge in [0.25, 0.3) is 0 Å². The lowest BCUT2D eigenvalue weighted by atomic mass is 9.78. The van der Waals surface area contributed by atoms with Gasteiger partial charge in [0.1, 0.15) is 11.5 Å². The third-order valence-electron chi connectivity index (χ3n) is 3.96. The lowest BCUT2D eigenvalue weighted by molar-refractivity contribution is -0.274. The summed E-state index contributed by atoms with van der Waals surface area (Å²) in [6.45, 7) is 8.15. The van der Waals surface area contributed by atoms with Crippen LogP contribution in [0, 0.1) is 5.92 Å². The molecule has 0 amide bonds. The molecule has 0 heterocycles. The van der Waals surface area contributed by atoms with Crippen molar-refractivity contribution >= 4 is 11.6 Å². The molecule has 0 fully saturated rings. The highest BCUT2D eigenvalue weighted by Crippen LogP contribution is 2.38.